The van der Waals surface area contributed by atoms with E-state index in [-0.39, 0.29) is 0 Å². The molecule has 1 heterocycles. The first kappa shape index (κ1) is 12.9. The molecule has 1 fully saturated rings. The molecule has 0 amide bonds. The van der Waals surface area contributed by atoms with Crippen LogP contribution in [0.4, 0.5) is 0 Å². The molecule has 90 valence electrons. The molecule has 0 saturated carbocycles. The molecule has 0 radical (unpaired) electrons. The van der Waals surface area contributed by atoms with Gasteiger partial charge in [-0.15, -0.1) is 0 Å². The Labute approximate surface area is 94.2 Å². The minimum Gasteiger partial charge on any atom is -0.380 e. The summed E-state index contributed by atoms with van der Waals surface area (Å²) in [5.41, 5.74) is 0. The highest BCUT2D eigenvalue weighted by molar-refractivity contribution is 4.83. The molecule has 0 aromatic heterocycles. The zero-order chi connectivity index (χ0) is 11.3. The third-order valence-electron chi connectivity index (χ3n) is 3.15. The summed E-state index contributed by atoms with van der Waals surface area (Å²) in [6.45, 7) is 10.6. The zero-order valence-corrected chi connectivity index (χ0v) is 10.6. The summed E-state index contributed by atoms with van der Waals surface area (Å²) < 4.78 is 5.52. The second kappa shape index (κ2) is 6.46. The molecule has 0 spiro atoms. The Kier molecular flexibility index (Phi) is 5.58. The van der Waals surface area contributed by atoms with E-state index in [1.54, 1.807) is 0 Å². The average molecular weight is 214 g/mol. The van der Waals surface area contributed by atoms with Crippen LogP contribution in [-0.2, 0) is 4.74 Å². The van der Waals surface area contributed by atoms with Crippen molar-refractivity contribution in [2.24, 2.45) is 5.92 Å². The van der Waals surface area contributed by atoms with Crippen LogP contribution >= 0.6 is 0 Å². The van der Waals surface area contributed by atoms with Gasteiger partial charge < -0.3 is 15.0 Å². The topological polar surface area (TPSA) is 24.5 Å². The Bertz CT molecular complexity index is 173. The van der Waals surface area contributed by atoms with Crippen LogP contribution in [0.3, 0.4) is 0 Å². The van der Waals surface area contributed by atoms with E-state index in [2.05, 4.69) is 38.0 Å². The van der Waals surface area contributed by atoms with Gasteiger partial charge in [0.05, 0.1) is 6.61 Å². The highest BCUT2D eigenvalue weighted by Gasteiger charge is 2.23. The molecule has 1 saturated heterocycles. The smallest absolute Gasteiger partial charge is 0.0622 e. The van der Waals surface area contributed by atoms with Crippen LogP contribution < -0.4 is 5.32 Å². The van der Waals surface area contributed by atoms with Crippen LogP contribution in [-0.4, -0.2) is 50.3 Å². The predicted molar refractivity (Wildman–Crippen MR) is 64.2 cm³/mol. The van der Waals surface area contributed by atoms with Crippen molar-refractivity contribution in [2.75, 3.05) is 33.4 Å². The molecule has 0 aromatic carbocycles. The molecule has 0 bridgehead atoms. The molecule has 0 aromatic rings. The highest BCUT2D eigenvalue weighted by Crippen LogP contribution is 2.10. The fourth-order valence-electron chi connectivity index (χ4n) is 2.05. The van der Waals surface area contributed by atoms with E-state index in [1.807, 2.05) is 0 Å². The maximum absolute atomic E-state index is 5.52. The number of likely N-dealkylation sites (tertiary alicyclic amines) is 1. The fourth-order valence-corrected chi connectivity index (χ4v) is 2.05. The Morgan fingerprint density at radius 1 is 1.47 bits per heavy atom. The maximum Gasteiger partial charge on any atom is 0.0622 e. The van der Waals surface area contributed by atoms with Gasteiger partial charge in [0.2, 0.25) is 0 Å². The average Bonchev–Trinajstić information content (AvgIpc) is 2.58. The van der Waals surface area contributed by atoms with Crippen LogP contribution in [0.1, 0.15) is 27.2 Å². The van der Waals surface area contributed by atoms with Gasteiger partial charge in [0.25, 0.3) is 0 Å². The predicted octanol–water partition coefficient (Wildman–Crippen LogP) is 1.34. The van der Waals surface area contributed by atoms with Crippen molar-refractivity contribution in [3.05, 3.63) is 0 Å². The molecule has 3 nitrogen and oxygen atoms in total. The summed E-state index contributed by atoms with van der Waals surface area (Å²) in [5, 5.41) is 3.71. The molecule has 15 heavy (non-hydrogen) atoms. The number of hydrogen-bond acceptors (Lipinski definition) is 3. The third kappa shape index (κ3) is 4.49. The molecular formula is C12H26N2O. The summed E-state index contributed by atoms with van der Waals surface area (Å²) in [7, 11) is 2.19. The highest BCUT2D eigenvalue weighted by atomic mass is 16.5. The largest absolute Gasteiger partial charge is 0.380 e. The van der Waals surface area contributed by atoms with E-state index in [0.717, 1.165) is 13.2 Å². The minimum atomic E-state index is 0.501. The van der Waals surface area contributed by atoms with E-state index < -0.39 is 0 Å². The maximum atomic E-state index is 5.52. The zero-order valence-electron chi connectivity index (χ0n) is 10.6. The Balaban J connectivity index is 2.30. The summed E-state index contributed by atoms with van der Waals surface area (Å²) in [4.78, 5) is 2.38. The van der Waals surface area contributed by atoms with Crippen LogP contribution in [0.2, 0.25) is 0 Å². The lowest BCUT2D eigenvalue weighted by molar-refractivity contribution is 0.104. The summed E-state index contributed by atoms with van der Waals surface area (Å²) in [6, 6.07) is 1.16. The van der Waals surface area contributed by atoms with Crippen molar-refractivity contribution in [2.45, 2.75) is 39.3 Å². The molecule has 3 heteroatoms. The van der Waals surface area contributed by atoms with Crippen molar-refractivity contribution in [3.8, 4) is 0 Å². The lowest BCUT2D eigenvalue weighted by Gasteiger charge is -2.26. The van der Waals surface area contributed by atoms with Crippen molar-refractivity contribution in [1.82, 2.24) is 10.2 Å². The van der Waals surface area contributed by atoms with Crippen LogP contribution in [0.15, 0.2) is 0 Å². The first-order chi connectivity index (χ1) is 7.13. The van der Waals surface area contributed by atoms with Crippen molar-refractivity contribution in [3.63, 3.8) is 0 Å². The molecule has 1 rings (SSSR count). The first-order valence-electron chi connectivity index (χ1n) is 6.15. The summed E-state index contributed by atoms with van der Waals surface area (Å²) in [5.74, 6) is 0.641. The number of ether oxygens (including phenoxy) is 1. The van der Waals surface area contributed by atoms with Crippen LogP contribution in [0, 0.1) is 5.92 Å². The minimum absolute atomic E-state index is 0.501. The Morgan fingerprint density at radius 2 is 2.20 bits per heavy atom. The van der Waals surface area contributed by atoms with Crippen molar-refractivity contribution >= 4 is 0 Å². The second-order valence-electron chi connectivity index (χ2n) is 4.92. The standard InChI is InChI=1S/C12H26N2O/c1-5-15-9-12(10(2)3)13-11-6-7-14(4)8-11/h10-13H,5-9H2,1-4H3. The van der Waals surface area contributed by atoms with Gasteiger partial charge in [-0.05, 0) is 32.9 Å². The van der Waals surface area contributed by atoms with Crippen molar-refractivity contribution in [1.29, 1.82) is 0 Å². The number of nitrogens with one attached hydrogen (secondary N) is 1. The lowest BCUT2D eigenvalue weighted by atomic mass is 10.0. The number of rotatable bonds is 6. The number of likely N-dealkylation sites (N-methyl/N-ethyl adjacent to an activating group) is 1. The Morgan fingerprint density at radius 3 is 2.67 bits per heavy atom. The quantitative estimate of drug-likeness (QED) is 0.722. The van der Waals surface area contributed by atoms with Gasteiger partial charge in [0.1, 0.15) is 0 Å². The van der Waals surface area contributed by atoms with Gasteiger partial charge >= 0.3 is 0 Å². The molecular weight excluding hydrogens is 188 g/mol. The molecule has 1 aliphatic heterocycles. The van der Waals surface area contributed by atoms with Gasteiger partial charge in [-0.2, -0.15) is 0 Å². The van der Waals surface area contributed by atoms with E-state index in [4.69, 9.17) is 4.74 Å². The fraction of sp³-hybridized carbons (Fsp3) is 1.00. The number of hydrogen-bond donors (Lipinski definition) is 1. The normalized spacial score (nSPS) is 25.0. The van der Waals surface area contributed by atoms with E-state index in [0.29, 0.717) is 18.0 Å². The van der Waals surface area contributed by atoms with E-state index in [9.17, 15) is 0 Å². The van der Waals surface area contributed by atoms with Gasteiger partial charge in [-0.1, -0.05) is 13.8 Å². The Hall–Kier alpha value is -0.120. The van der Waals surface area contributed by atoms with Crippen LogP contribution in [0.5, 0.6) is 0 Å². The van der Waals surface area contributed by atoms with Crippen LogP contribution in [0.25, 0.3) is 0 Å². The van der Waals surface area contributed by atoms with Gasteiger partial charge in [0.15, 0.2) is 0 Å². The molecule has 2 unspecified atom stereocenters. The molecule has 2 atom stereocenters. The summed E-state index contributed by atoms with van der Waals surface area (Å²) in [6.07, 6.45) is 1.27. The molecule has 1 N–H and O–H groups in total. The lowest BCUT2D eigenvalue weighted by Crippen LogP contribution is -2.45. The first-order valence-corrected chi connectivity index (χ1v) is 6.15. The van der Waals surface area contributed by atoms with Gasteiger partial charge in [-0.25, -0.2) is 0 Å². The van der Waals surface area contributed by atoms with Gasteiger partial charge in [0, 0.05) is 25.2 Å². The third-order valence-corrected chi connectivity index (χ3v) is 3.15. The monoisotopic (exact) mass is 214 g/mol. The van der Waals surface area contributed by atoms with E-state index >= 15 is 0 Å². The van der Waals surface area contributed by atoms with Gasteiger partial charge in [-0.3, -0.25) is 0 Å². The number of nitrogens with zero attached hydrogens (tertiary/aromatic N) is 1. The molecule has 0 aliphatic carbocycles. The molecule has 1 aliphatic rings. The second-order valence-corrected chi connectivity index (χ2v) is 4.92. The summed E-state index contributed by atoms with van der Waals surface area (Å²) >= 11 is 0. The van der Waals surface area contributed by atoms with Crippen molar-refractivity contribution < 1.29 is 4.74 Å². The SMILES string of the molecule is CCOCC(NC1CCN(C)C1)C(C)C. The van der Waals surface area contributed by atoms with E-state index in [1.165, 1.54) is 19.5 Å².